The molecule has 11 nitrogen and oxygen atoms in total. The van der Waals surface area contributed by atoms with Crippen LogP contribution in [-0.2, 0) is 5.54 Å². The summed E-state index contributed by atoms with van der Waals surface area (Å²) in [7, 11) is 0. The highest BCUT2D eigenvalue weighted by molar-refractivity contribution is 6.02. The molecule has 0 unspecified atom stereocenters. The van der Waals surface area contributed by atoms with Crippen molar-refractivity contribution in [3.8, 4) is 34.0 Å². The second-order valence-electron chi connectivity index (χ2n) is 10.1. The fourth-order valence-corrected chi connectivity index (χ4v) is 4.08. The van der Waals surface area contributed by atoms with Gasteiger partial charge in [0.1, 0.15) is 22.7 Å². The summed E-state index contributed by atoms with van der Waals surface area (Å²) in [6.45, 7) is 6.13. The summed E-state index contributed by atoms with van der Waals surface area (Å²) >= 11 is 0. The number of nitrogens with zero attached hydrogens (tertiary/aromatic N) is 5. The van der Waals surface area contributed by atoms with E-state index in [2.05, 4.69) is 30.8 Å². The largest absolute Gasteiger partial charge is 0.457 e. The lowest BCUT2D eigenvalue weighted by Gasteiger charge is -2.18. The summed E-state index contributed by atoms with van der Waals surface area (Å²) < 4.78 is 13.2. The van der Waals surface area contributed by atoms with Gasteiger partial charge in [0.25, 0.3) is 0 Å². The first-order valence-electron chi connectivity index (χ1n) is 12.6. The molecule has 6 aromatic rings. The number of carbonyl (C=O) groups excluding carboxylic acids is 1. The van der Waals surface area contributed by atoms with Gasteiger partial charge < -0.3 is 19.8 Å². The zero-order chi connectivity index (χ0) is 27.7. The molecule has 0 fully saturated rings. The van der Waals surface area contributed by atoms with Gasteiger partial charge in [-0.2, -0.15) is 10.2 Å². The van der Waals surface area contributed by atoms with Crippen LogP contribution in [0.4, 0.5) is 16.2 Å². The summed E-state index contributed by atoms with van der Waals surface area (Å²) in [5.41, 5.74) is 5.34. The van der Waals surface area contributed by atoms with Crippen LogP contribution in [0.1, 0.15) is 20.8 Å². The van der Waals surface area contributed by atoms with Crippen LogP contribution in [-0.4, -0.2) is 36.0 Å². The van der Waals surface area contributed by atoms with Gasteiger partial charge in [-0.15, -0.1) is 0 Å². The number of benzene rings is 2. The van der Waals surface area contributed by atoms with Crippen LogP contribution in [0.25, 0.3) is 33.6 Å². The summed E-state index contributed by atoms with van der Waals surface area (Å²) in [5.74, 6) is 1.25. The number of hydrogen-bond acceptors (Lipinski definition) is 7. The highest BCUT2D eigenvalue weighted by atomic mass is 16.5. The van der Waals surface area contributed by atoms with E-state index in [1.807, 2.05) is 55.9 Å². The van der Waals surface area contributed by atoms with Crippen molar-refractivity contribution in [2.45, 2.75) is 26.3 Å². The smallest absolute Gasteiger partial charge is 0.323 e. The van der Waals surface area contributed by atoms with Gasteiger partial charge in [0.2, 0.25) is 0 Å². The average Bonchev–Trinajstić information content (AvgIpc) is 3.70. The molecular formula is C29H26N8O3. The number of anilines is 2. The first kappa shape index (κ1) is 24.9. The molecule has 0 atom stereocenters. The van der Waals surface area contributed by atoms with Gasteiger partial charge in [0.15, 0.2) is 12.0 Å². The Morgan fingerprint density at radius 2 is 1.82 bits per heavy atom. The van der Waals surface area contributed by atoms with Crippen molar-refractivity contribution in [2.75, 3.05) is 10.6 Å². The van der Waals surface area contributed by atoms with E-state index in [0.29, 0.717) is 39.7 Å². The Morgan fingerprint density at radius 1 is 0.975 bits per heavy atom. The van der Waals surface area contributed by atoms with E-state index >= 15 is 0 Å². The standard InChI is InChI=1S/C29H26N8O3/c1-29(2,3)37-16-25(27(36-37)18-4-9-26-24(12-18)31-17-39-26)35-28(38)34-20-5-7-21(8-6-20)40-22-10-11-30-23(13-22)19-14-32-33-15-19/h4-17H,1-3H3,(H,32,33)(H2,34,35,38). The second-order valence-corrected chi connectivity index (χ2v) is 10.1. The number of nitrogens with one attached hydrogen (secondary N) is 3. The molecule has 4 heterocycles. The molecule has 0 radical (unpaired) electrons. The van der Waals surface area contributed by atoms with E-state index in [9.17, 15) is 4.79 Å². The third kappa shape index (κ3) is 5.25. The van der Waals surface area contributed by atoms with Crippen molar-refractivity contribution >= 4 is 28.5 Å². The van der Waals surface area contributed by atoms with Crippen LogP contribution in [0.15, 0.2) is 90.2 Å². The van der Waals surface area contributed by atoms with Crippen molar-refractivity contribution in [3.05, 3.63) is 85.8 Å². The number of amides is 2. The van der Waals surface area contributed by atoms with Crippen LogP contribution in [0.3, 0.4) is 0 Å². The Morgan fingerprint density at radius 3 is 2.60 bits per heavy atom. The predicted octanol–water partition coefficient (Wildman–Crippen LogP) is 6.67. The third-order valence-corrected chi connectivity index (χ3v) is 6.13. The average molecular weight is 535 g/mol. The Kier molecular flexibility index (Phi) is 6.23. The van der Waals surface area contributed by atoms with Crippen LogP contribution in [0, 0.1) is 0 Å². The molecule has 0 aliphatic heterocycles. The molecule has 11 heteroatoms. The maximum absolute atomic E-state index is 13.0. The number of aromatic amines is 1. The highest BCUT2D eigenvalue weighted by Crippen LogP contribution is 2.31. The van der Waals surface area contributed by atoms with Crippen molar-refractivity contribution in [1.82, 2.24) is 29.9 Å². The zero-order valence-electron chi connectivity index (χ0n) is 22.0. The molecule has 0 saturated carbocycles. The molecular weight excluding hydrogens is 508 g/mol. The lowest BCUT2D eigenvalue weighted by Crippen LogP contribution is -2.22. The molecule has 6 rings (SSSR count). The highest BCUT2D eigenvalue weighted by Gasteiger charge is 2.21. The summed E-state index contributed by atoms with van der Waals surface area (Å²) in [6, 6.07) is 15.9. The molecule has 2 aromatic carbocycles. The minimum absolute atomic E-state index is 0.285. The second kappa shape index (κ2) is 10.0. The minimum Gasteiger partial charge on any atom is -0.457 e. The molecule has 3 N–H and O–H groups in total. The van der Waals surface area contributed by atoms with E-state index in [-0.39, 0.29) is 5.54 Å². The third-order valence-electron chi connectivity index (χ3n) is 6.13. The maximum atomic E-state index is 13.0. The SMILES string of the molecule is CC(C)(C)n1cc(NC(=O)Nc2ccc(Oc3ccnc(-c4cn[nH]c4)c3)cc2)c(-c2ccc3ocnc3c2)n1. The predicted molar refractivity (Wildman–Crippen MR) is 151 cm³/mol. The number of ether oxygens (including phenoxy) is 1. The number of H-pyrrole nitrogens is 1. The topological polar surface area (TPSA) is 136 Å². The normalized spacial score (nSPS) is 11.5. The maximum Gasteiger partial charge on any atom is 0.323 e. The van der Waals surface area contributed by atoms with E-state index in [1.165, 1.54) is 6.39 Å². The summed E-state index contributed by atoms with van der Waals surface area (Å²) in [4.78, 5) is 21.6. The molecule has 2 amide bonds. The molecule has 0 aliphatic carbocycles. The van der Waals surface area contributed by atoms with Gasteiger partial charge in [-0.1, -0.05) is 0 Å². The van der Waals surface area contributed by atoms with E-state index in [0.717, 1.165) is 16.8 Å². The number of carbonyl (C=O) groups is 1. The van der Waals surface area contributed by atoms with Gasteiger partial charge in [0, 0.05) is 41.5 Å². The van der Waals surface area contributed by atoms with Crippen LogP contribution in [0.5, 0.6) is 11.5 Å². The molecule has 4 aromatic heterocycles. The minimum atomic E-state index is -0.398. The lowest BCUT2D eigenvalue weighted by atomic mass is 10.1. The Bertz CT molecular complexity index is 1780. The van der Waals surface area contributed by atoms with Crippen LogP contribution >= 0.6 is 0 Å². The lowest BCUT2D eigenvalue weighted by molar-refractivity contribution is 0.262. The summed E-state index contributed by atoms with van der Waals surface area (Å²) in [5, 5.41) is 17.3. The monoisotopic (exact) mass is 534 g/mol. The first-order chi connectivity index (χ1) is 19.3. The van der Waals surface area contributed by atoms with Gasteiger partial charge in [-0.05, 0) is 69.3 Å². The Labute approximate surface area is 229 Å². The number of hydrogen-bond donors (Lipinski definition) is 3. The van der Waals surface area contributed by atoms with Gasteiger partial charge >= 0.3 is 6.03 Å². The fourth-order valence-electron chi connectivity index (χ4n) is 4.08. The molecule has 0 bridgehead atoms. The molecule has 0 aliphatic rings. The quantitative estimate of drug-likeness (QED) is 0.217. The number of oxazole rings is 1. The molecule has 200 valence electrons. The Hall–Kier alpha value is -5.45. The molecule has 40 heavy (non-hydrogen) atoms. The van der Waals surface area contributed by atoms with Crippen LogP contribution in [0.2, 0.25) is 0 Å². The molecule has 0 spiro atoms. The number of urea groups is 1. The first-order valence-corrected chi connectivity index (χ1v) is 12.6. The van der Waals surface area contributed by atoms with E-state index < -0.39 is 6.03 Å². The van der Waals surface area contributed by atoms with Crippen LogP contribution < -0.4 is 15.4 Å². The van der Waals surface area contributed by atoms with Gasteiger partial charge in [-0.25, -0.2) is 9.78 Å². The number of aromatic nitrogens is 6. The zero-order valence-corrected chi connectivity index (χ0v) is 22.0. The van der Waals surface area contributed by atoms with E-state index in [1.54, 1.807) is 48.9 Å². The number of pyridine rings is 1. The van der Waals surface area contributed by atoms with Crippen molar-refractivity contribution < 1.29 is 13.9 Å². The van der Waals surface area contributed by atoms with Crippen molar-refractivity contribution in [3.63, 3.8) is 0 Å². The fraction of sp³-hybridized carbons (Fsp3) is 0.138. The van der Waals surface area contributed by atoms with Crippen molar-refractivity contribution in [1.29, 1.82) is 0 Å². The number of rotatable bonds is 6. The van der Waals surface area contributed by atoms with Crippen molar-refractivity contribution in [2.24, 2.45) is 0 Å². The van der Waals surface area contributed by atoms with Gasteiger partial charge in [-0.3, -0.25) is 14.8 Å². The summed E-state index contributed by atoms with van der Waals surface area (Å²) in [6.07, 6.45) is 8.37. The number of fused-ring (bicyclic) bond motifs is 1. The van der Waals surface area contributed by atoms with Gasteiger partial charge in [0.05, 0.1) is 23.1 Å². The Balaban J connectivity index is 1.16. The molecule has 0 saturated heterocycles. The van der Waals surface area contributed by atoms with E-state index in [4.69, 9.17) is 14.3 Å².